The molecule has 0 aromatic heterocycles. The lowest BCUT2D eigenvalue weighted by Gasteiger charge is -2.33. The Hall–Kier alpha value is 0.544. The molecule has 9 heteroatoms. The number of hydrogen-bond donors (Lipinski definition) is 0. The first-order valence-electron chi connectivity index (χ1n) is 9.90. The Labute approximate surface area is 173 Å². The maximum absolute atomic E-state index is 5.69. The Bertz CT molecular complexity index is 308. The maximum Gasteiger partial charge on any atom is 0.501 e. The molecule has 27 heavy (non-hydrogen) atoms. The Morgan fingerprint density at radius 2 is 0.889 bits per heavy atom. The van der Waals surface area contributed by atoms with Crippen molar-refractivity contribution >= 4 is 29.4 Å². The number of hydrogen-bond acceptors (Lipinski definition) is 7. The van der Waals surface area contributed by atoms with Crippen LogP contribution in [-0.4, -0.2) is 70.8 Å². The van der Waals surface area contributed by atoms with Gasteiger partial charge in [-0.25, -0.2) is 0 Å². The average molecular weight is 443 g/mol. The highest BCUT2D eigenvalue weighted by Gasteiger charge is 2.44. The second-order valence-corrected chi connectivity index (χ2v) is 14.3. The molecule has 6 nitrogen and oxygen atoms in total. The summed E-state index contributed by atoms with van der Waals surface area (Å²) in [7, 11) is 4.90. The van der Waals surface area contributed by atoms with Gasteiger partial charge in [0.15, 0.2) is 0 Å². The molecule has 0 fully saturated rings. The standard InChI is InChI=1S/C18H42O6SSi2/c1-9-11-13-17(15-26(19-3,20-4)21-5)25-18(14-12-10-2)16-27(22-6,23-7)24-8/h17-18H,9-16H2,1-8H3. The highest BCUT2D eigenvalue weighted by molar-refractivity contribution is 8.00. The molecule has 0 spiro atoms. The lowest BCUT2D eigenvalue weighted by Crippen LogP contribution is -2.46. The van der Waals surface area contributed by atoms with Gasteiger partial charge in [-0.2, -0.15) is 11.8 Å². The van der Waals surface area contributed by atoms with Crippen molar-refractivity contribution in [2.24, 2.45) is 0 Å². The fourth-order valence-corrected chi connectivity index (χ4v) is 9.80. The van der Waals surface area contributed by atoms with Gasteiger partial charge in [0.25, 0.3) is 0 Å². The molecule has 2 atom stereocenters. The number of rotatable bonds is 18. The zero-order chi connectivity index (χ0) is 20.8. The first-order chi connectivity index (χ1) is 12.9. The molecule has 0 radical (unpaired) electrons. The summed E-state index contributed by atoms with van der Waals surface area (Å²) in [5.74, 6) is 0. The van der Waals surface area contributed by atoms with Crippen LogP contribution < -0.4 is 0 Å². The summed E-state index contributed by atoms with van der Waals surface area (Å²) in [4.78, 5) is 0. The molecule has 0 aromatic carbocycles. The normalized spacial score (nSPS) is 15.1. The van der Waals surface area contributed by atoms with Crippen LogP contribution in [0.3, 0.4) is 0 Å². The Morgan fingerprint density at radius 1 is 0.593 bits per heavy atom. The summed E-state index contributed by atoms with van der Waals surface area (Å²) >= 11 is 2.01. The lowest BCUT2D eigenvalue weighted by atomic mass is 10.2. The summed E-state index contributed by atoms with van der Waals surface area (Å²) in [6.45, 7) is 4.45. The molecule has 0 N–H and O–H groups in total. The minimum absolute atomic E-state index is 0.413. The Morgan fingerprint density at radius 3 is 1.11 bits per heavy atom. The molecular formula is C18H42O6SSi2. The van der Waals surface area contributed by atoms with E-state index in [0.717, 1.165) is 24.9 Å². The van der Waals surface area contributed by atoms with Crippen LogP contribution in [0, 0.1) is 0 Å². The van der Waals surface area contributed by atoms with Gasteiger partial charge in [0, 0.05) is 65.2 Å². The second-order valence-electron chi connectivity index (χ2n) is 6.66. The molecule has 164 valence electrons. The van der Waals surface area contributed by atoms with Gasteiger partial charge in [0.05, 0.1) is 0 Å². The lowest BCUT2D eigenvalue weighted by molar-refractivity contribution is 0.123. The molecule has 0 aliphatic carbocycles. The van der Waals surface area contributed by atoms with Crippen LogP contribution in [0.1, 0.15) is 52.4 Å². The van der Waals surface area contributed by atoms with Gasteiger partial charge in [0.2, 0.25) is 0 Å². The van der Waals surface area contributed by atoms with Gasteiger partial charge in [-0.3, -0.25) is 0 Å². The van der Waals surface area contributed by atoms with Gasteiger partial charge in [-0.15, -0.1) is 0 Å². The monoisotopic (exact) mass is 442 g/mol. The van der Waals surface area contributed by atoms with Gasteiger partial charge < -0.3 is 26.6 Å². The second kappa shape index (κ2) is 15.4. The molecule has 0 saturated carbocycles. The largest absolute Gasteiger partial charge is 0.501 e. The third kappa shape index (κ3) is 9.73. The molecule has 2 unspecified atom stereocenters. The van der Waals surface area contributed by atoms with Crippen LogP contribution in [0.2, 0.25) is 12.1 Å². The molecule has 0 heterocycles. The van der Waals surface area contributed by atoms with Crippen LogP contribution in [-0.2, 0) is 26.6 Å². The highest BCUT2D eigenvalue weighted by atomic mass is 32.2. The zero-order valence-corrected chi connectivity index (χ0v) is 21.5. The fraction of sp³-hybridized carbons (Fsp3) is 1.00. The van der Waals surface area contributed by atoms with Gasteiger partial charge >= 0.3 is 17.6 Å². The summed E-state index contributed by atoms with van der Waals surface area (Å²) in [5.41, 5.74) is 0. The van der Waals surface area contributed by atoms with E-state index in [9.17, 15) is 0 Å². The van der Waals surface area contributed by atoms with E-state index in [-0.39, 0.29) is 0 Å². The molecule has 0 amide bonds. The van der Waals surface area contributed by atoms with E-state index in [1.807, 2.05) is 11.8 Å². The summed E-state index contributed by atoms with van der Waals surface area (Å²) in [5, 5.41) is 0.825. The van der Waals surface area contributed by atoms with Crippen LogP contribution in [0.4, 0.5) is 0 Å². The first kappa shape index (κ1) is 27.5. The molecule has 0 aliphatic rings. The number of unbranched alkanes of at least 4 members (excludes halogenated alkanes) is 2. The molecule has 0 rings (SSSR count). The molecule has 0 bridgehead atoms. The van der Waals surface area contributed by atoms with E-state index in [1.54, 1.807) is 42.7 Å². The minimum atomic E-state index is -2.62. The fourth-order valence-electron chi connectivity index (χ4n) is 3.13. The van der Waals surface area contributed by atoms with Crippen molar-refractivity contribution in [3.05, 3.63) is 0 Å². The third-order valence-corrected chi connectivity index (χ3v) is 12.8. The minimum Gasteiger partial charge on any atom is -0.377 e. The summed E-state index contributed by atoms with van der Waals surface area (Å²) in [6, 6.07) is 1.62. The van der Waals surface area contributed by atoms with Gasteiger partial charge in [0.1, 0.15) is 0 Å². The van der Waals surface area contributed by atoms with Crippen LogP contribution >= 0.6 is 11.8 Å². The van der Waals surface area contributed by atoms with E-state index in [4.69, 9.17) is 26.6 Å². The Kier molecular flexibility index (Phi) is 15.7. The average Bonchev–Trinajstić information content (AvgIpc) is 2.72. The van der Waals surface area contributed by atoms with Crippen molar-refractivity contribution in [1.82, 2.24) is 0 Å². The van der Waals surface area contributed by atoms with E-state index in [2.05, 4.69) is 13.8 Å². The topological polar surface area (TPSA) is 55.4 Å². The van der Waals surface area contributed by atoms with E-state index >= 15 is 0 Å². The van der Waals surface area contributed by atoms with E-state index in [0.29, 0.717) is 10.5 Å². The van der Waals surface area contributed by atoms with Crippen LogP contribution in [0.25, 0.3) is 0 Å². The third-order valence-electron chi connectivity index (χ3n) is 4.97. The smallest absolute Gasteiger partial charge is 0.377 e. The van der Waals surface area contributed by atoms with Crippen LogP contribution in [0.5, 0.6) is 0 Å². The maximum atomic E-state index is 5.69. The highest BCUT2D eigenvalue weighted by Crippen LogP contribution is 2.36. The van der Waals surface area contributed by atoms with Crippen molar-refractivity contribution in [3.63, 3.8) is 0 Å². The molecule has 0 saturated heterocycles. The van der Waals surface area contributed by atoms with Crippen molar-refractivity contribution < 1.29 is 26.6 Å². The SMILES string of the molecule is CCCCC(C[Si](OC)(OC)OC)SC(CCCC)C[Si](OC)(OC)OC. The predicted octanol–water partition coefficient (Wildman–Crippen LogP) is 4.59. The first-order valence-corrected chi connectivity index (χ1v) is 14.7. The quantitative estimate of drug-likeness (QED) is 0.288. The predicted molar refractivity (Wildman–Crippen MR) is 117 cm³/mol. The van der Waals surface area contributed by atoms with Crippen molar-refractivity contribution in [2.75, 3.05) is 42.7 Å². The zero-order valence-electron chi connectivity index (χ0n) is 18.7. The van der Waals surface area contributed by atoms with E-state index in [1.165, 1.54) is 25.7 Å². The summed E-state index contributed by atoms with van der Waals surface area (Å²) < 4.78 is 34.1. The van der Waals surface area contributed by atoms with Crippen molar-refractivity contribution in [3.8, 4) is 0 Å². The number of thioether (sulfide) groups is 1. The summed E-state index contributed by atoms with van der Waals surface area (Å²) in [6.07, 6.45) is 6.95. The van der Waals surface area contributed by atoms with Crippen molar-refractivity contribution in [2.45, 2.75) is 75.0 Å². The van der Waals surface area contributed by atoms with Crippen molar-refractivity contribution in [1.29, 1.82) is 0 Å². The van der Waals surface area contributed by atoms with Gasteiger partial charge in [-0.1, -0.05) is 39.5 Å². The molecule has 0 aliphatic heterocycles. The Balaban J connectivity index is 5.33. The van der Waals surface area contributed by atoms with Crippen LogP contribution in [0.15, 0.2) is 0 Å². The van der Waals surface area contributed by atoms with E-state index < -0.39 is 17.6 Å². The molecule has 0 aromatic rings. The molecular weight excluding hydrogens is 400 g/mol. The van der Waals surface area contributed by atoms with Gasteiger partial charge in [-0.05, 0) is 12.8 Å².